The van der Waals surface area contributed by atoms with Crippen LogP contribution in [0, 0.1) is 0 Å². The van der Waals surface area contributed by atoms with Crippen LogP contribution in [-0.4, -0.2) is 30.7 Å². The van der Waals surface area contributed by atoms with Crippen molar-refractivity contribution in [3.8, 4) is 0 Å². The molecule has 0 aliphatic rings. The zero-order valence-electron chi connectivity index (χ0n) is 8.33. The second-order valence-electron chi connectivity index (χ2n) is 2.65. The van der Waals surface area contributed by atoms with Crippen LogP contribution in [-0.2, 0) is 13.1 Å². The Hall–Kier alpha value is 1.06. The monoisotopic (exact) mass is 263 g/mol. The van der Waals surface area contributed by atoms with Gasteiger partial charge in [-0.15, -0.1) is 0 Å². The molecule has 0 unspecified atom stereocenters. The standard InChI is InChI=1S/C8H20N.2ClH.Cu/c1-5-9(6-2,7-3)8-4;;;/h5-8H2,1-4H3;2*1H;/q+1;;;+2/p-2. The van der Waals surface area contributed by atoms with Crippen molar-refractivity contribution in [2.45, 2.75) is 27.7 Å². The Morgan fingerprint density at radius 3 is 1.00 bits per heavy atom. The normalized spacial score (nSPS) is 10.8. The molecule has 0 aliphatic carbocycles. The van der Waals surface area contributed by atoms with E-state index in [1.165, 1.54) is 30.7 Å². The summed E-state index contributed by atoms with van der Waals surface area (Å²) in [4.78, 5) is 0. The van der Waals surface area contributed by atoms with Crippen LogP contribution in [0.1, 0.15) is 27.7 Å². The number of hydrogen-bond acceptors (Lipinski definition) is 0. The fourth-order valence-corrected chi connectivity index (χ4v) is 1.34. The zero-order chi connectivity index (χ0) is 10.0. The van der Waals surface area contributed by atoms with Gasteiger partial charge in [0.05, 0.1) is 26.2 Å². The Balaban J connectivity index is 0. The van der Waals surface area contributed by atoms with Gasteiger partial charge in [0.1, 0.15) is 0 Å². The van der Waals surface area contributed by atoms with Crippen LogP contribution < -0.4 is 0 Å². The molecule has 0 saturated carbocycles. The summed E-state index contributed by atoms with van der Waals surface area (Å²) in [5, 5.41) is 0. The summed E-state index contributed by atoms with van der Waals surface area (Å²) in [6.07, 6.45) is 0. The van der Waals surface area contributed by atoms with Gasteiger partial charge in [0.2, 0.25) is 0 Å². The molecule has 0 bridgehead atoms. The molecule has 12 heavy (non-hydrogen) atoms. The van der Waals surface area contributed by atoms with Crippen LogP contribution >= 0.6 is 20.2 Å². The molecule has 0 rings (SSSR count). The van der Waals surface area contributed by atoms with Gasteiger partial charge in [-0.05, 0) is 27.7 Å². The first-order valence-electron chi connectivity index (χ1n) is 4.32. The molecule has 81 valence electrons. The van der Waals surface area contributed by atoms with Gasteiger partial charge in [-0.1, -0.05) is 0 Å². The molecule has 4 heteroatoms. The number of nitrogens with zero attached hydrogens (tertiary/aromatic N) is 1. The van der Waals surface area contributed by atoms with Gasteiger partial charge in [-0.3, -0.25) is 0 Å². The molecule has 0 spiro atoms. The third-order valence-electron chi connectivity index (χ3n) is 2.68. The van der Waals surface area contributed by atoms with E-state index >= 15 is 0 Å². The van der Waals surface area contributed by atoms with Gasteiger partial charge in [0.25, 0.3) is 0 Å². The van der Waals surface area contributed by atoms with Crippen molar-refractivity contribution in [2.24, 2.45) is 0 Å². The van der Waals surface area contributed by atoms with Crippen molar-refractivity contribution in [1.82, 2.24) is 0 Å². The average Bonchev–Trinajstić information content (AvgIpc) is 2.11. The molecule has 0 atom stereocenters. The first-order chi connectivity index (χ1) is 5.66. The van der Waals surface area contributed by atoms with Crippen LogP contribution in [0.2, 0.25) is 0 Å². The summed E-state index contributed by atoms with van der Waals surface area (Å²) in [7, 11) is 9.34. The van der Waals surface area contributed by atoms with E-state index in [-0.39, 0.29) is 0 Å². The Morgan fingerprint density at radius 2 is 1.00 bits per heavy atom. The summed E-state index contributed by atoms with van der Waals surface area (Å²) in [5.74, 6) is 0. The molecular formula is C8H20Cl2CuN+. The summed E-state index contributed by atoms with van der Waals surface area (Å²) in [6.45, 7) is 14.2. The molecule has 0 saturated heterocycles. The second-order valence-corrected chi connectivity index (χ2v) is 4.20. The van der Waals surface area contributed by atoms with E-state index in [2.05, 4.69) is 47.9 Å². The van der Waals surface area contributed by atoms with Gasteiger partial charge >= 0.3 is 33.3 Å². The number of rotatable bonds is 4. The first-order valence-corrected chi connectivity index (χ1v) is 6.91. The number of hydrogen-bond donors (Lipinski definition) is 0. The van der Waals surface area contributed by atoms with E-state index in [1.807, 2.05) is 0 Å². The van der Waals surface area contributed by atoms with E-state index in [9.17, 15) is 0 Å². The van der Waals surface area contributed by atoms with Gasteiger partial charge in [0, 0.05) is 0 Å². The van der Waals surface area contributed by atoms with Crippen LogP contribution in [0.5, 0.6) is 0 Å². The maximum atomic E-state index is 4.67. The molecule has 0 fully saturated rings. The zero-order valence-corrected chi connectivity index (χ0v) is 10.8. The van der Waals surface area contributed by atoms with Crippen molar-refractivity contribution < 1.29 is 17.6 Å². The van der Waals surface area contributed by atoms with Crippen molar-refractivity contribution in [1.29, 1.82) is 0 Å². The molecule has 0 radical (unpaired) electrons. The van der Waals surface area contributed by atoms with Crippen molar-refractivity contribution in [3.63, 3.8) is 0 Å². The SMILES string of the molecule is CC[N+](CC)(CC)CC.[Cl][Cu][Cl]. The Bertz CT molecular complexity index is 69.6. The minimum absolute atomic E-state index is 0.757. The summed E-state index contributed by atoms with van der Waals surface area (Å²) in [6, 6.07) is 0. The third kappa shape index (κ3) is 6.56. The molecule has 0 aromatic carbocycles. The van der Waals surface area contributed by atoms with Crippen molar-refractivity contribution in [3.05, 3.63) is 0 Å². The summed E-state index contributed by atoms with van der Waals surface area (Å²) >= 11 is 0.757. The molecule has 0 N–H and O–H groups in total. The average molecular weight is 265 g/mol. The maximum absolute atomic E-state index is 4.67. The predicted octanol–water partition coefficient (Wildman–Crippen LogP) is 3.26. The predicted molar refractivity (Wildman–Crippen MR) is 54.1 cm³/mol. The number of halogens is 2. The summed E-state index contributed by atoms with van der Waals surface area (Å²) < 4.78 is 1.28. The molecule has 0 amide bonds. The van der Waals surface area contributed by atoms with Gasteiger partial charge in [-0.25, -0.2) is 0 Å². The fraction of sp³-hybridized carbons (Fsp3) is 1.00. The van der Waals surface area contributed by atoms with E-state index < -0.39 is 0 Å². The molecule has 0 aliphatic heterocycles. The van der Waals surface area contributed by atoms with E-state index in [1.54, 1.807) is 0 Å². The molecule has 1 nitrogen and oxygen atoms in total. The second kappa shape index (κ2) is 10.1. The third-order valence-corrected chi connectivity index (χ3v) is 2.68. The van der Waals surface area contributed by atoms with Crippen molar-refractivity contribution in [2.75, 3.05) is 26.2 Å². The molecule has 0 aromatic heterocycles. The summed E-state index contributed by atoms with van der Waals surface area (Å²) in [5.41, 5.74) is 0. The van der Waals surface area contributed by atoms with E-state index in [0.29, 0.717) is 0 Å². The molecule has 0 aromatic rings. The quantitative estimate of drug-likeness (QED) is 0.540. The fourth-order valence-electron chi connectivity index (χ4n) is 1.34. The van der Waals surface area contributed by atoms with Crippen LogP contribution in [0.15, 0.2) is 0 Å². The van der Waals surface area contributed by atoms with E-state index in [4.69, 9.17) is 0 Å². The molecular weight excluding hydrogens is 245 g/mol. The Morgan fingerprint density at radius 1 is 0.833 bits per heavy atom. The van der Waals surface area contributed by atoms with Crippen LogP contribution in [0.3, 0.4) is 0 Å². The van der Waals surface area contributed by atoms with Gasteiger partial charge in [0.15, 0.2) is 0 Å². The van der Waals surface area contributed by atoms with Gasteiger partial charge < -0.3 is 4.48 Å². The van der Waals surface area contributed by atoms with Crippen molar-refractivity contribution >= 4 is 20.2 Å². The first kappa shape index (κ1) is 15.5. The Labute approximate surface area is 91.6 Å². The Kier molecular flexibility index (Phi) is 13.1. The minimum atomic E-state index is 0.757. The van der Waals surface area contributed by atoms with Crippen LogP contribution in [0.4, 0.5) is 0 Å². The van der Waals surface area contributed by atoms with Crippen LogP contribution in [0.25, 0.3) is 0 Å². The topological polar surface area (TPSA) is 0 Å². The molecule has 0 heterocycles. The number of quaternary nitrogens is 1. The van der Waals surface area contributed by atoms with E-state index in [0.717, 1.165) is 13.1 Å². The van der Waals surface area contributed by atoms with Gasteiger partial charge in [-0.2, -0.15) is 0 Å².